The van der Waals surface area contributed by atoms with Crippen molar-refractivity contribution in [2.75, 3.05) is 19.6 Å². The first kappa shape index (κ1) is 22.5. The Bertz CT molecular complexity index is 1440. The van der Waals surface area contributed by atoms with Crippen LogP contribution < -0.4 is 0 Å². The van der Waals surface area contributed by atoms with E-state index in [0.717, 1.165) is 78.0 Å². The second kappa shape index (κ2) is 8.13. The van der Waals surface area contributed by atoms with E-state index in [1.807, 2.05) is 33.9 Å². The van der Waals surface area contributed by atoms with E-state index >= 15 is 0 Å². The third-order valence-corrected chi connectivity index (χ3v) is 8.30. The zero-order valence-corrected chi connectivity index (χ0v) is 21.4. The highest BCUT2D eigenvalue weighted by Crippen LogP contribution is 2.46. The molecule has 2 aliphatic carbocycles. The highest BCUT2D eigenvalue weighted by atomic mass is 16.2. The van der Waals surface area contributed by atoms with Gasteiger partial charge in [0.15, 0.2) is 0 Å². The summed E-state index contributed by atoms with van der Waals surface area (Å²) in [5, 5.41) is 4.27. The van der Waals surface area contributed by atoms with E-state index in [9.17, 15) is 9.59 Å². The second-order valence-corrected chi connectivity index (χ2v) is 11.3. The molecule has 0 radical (unpaired) electrons. The second-order valence-electron chi connectivity index (χ2n) is 11.3. The number of aromatic nitrogens is 2. The van der Waals surface area contributed by atoms with Gasteiger partial charge in [0.1, 0.15) is 11.4 Å². The van der Waals surface area contributed by atoms with Gasteiger partial charge in [-0.25, -0.2) is 0 Å². The average molecular weight is 494 g/mol. The fraction of sp³-hybridized carbons (Fsp3) is 0.400. The van der Waals surface area contributed by atoms with Crippen LogP contribution >= 0.6 is 0 Å². The molecule has 2 saturated carbocycles. The lowest BCUT2D eigenvalue weighted by Crippen LogP contribution is -2.55. The molecule has 7 rings (SSSR count). The number of hydrogen-bond donors (Lipinski definition) is 0. The molecule has 3 fully saturated rings. The van der Waals surface area contributed by atoms with Crippen molar-refractivity contribution in [2.45, 2.75) is 38.1 Å². The lowest BCUT2D eigenvalue weighted by Gasteiger charge is -2.41. The summed E-state index contributed by atoms with van der Waals surface area (Å²) in [4.78, 5) is 34.6. The molecule has 1 spiro atoms. The SMILES string of the molecule is Cc1cc(-c2ccc(-c3cnn(C)c3)cc2)ccc1C1=NC2(CC2)C(=O)N1CC1CN(C(=O)C2CC2)C1. The highest BCUT2D eigenvalue weighted by Gasteiger charge is 2.58. The van der Waals surface area contributed by atoms with Crippen LogP contribution in [-0.4, -0.2) is 62.4 Å². The molecule has 2 aliphatic heterocycles. The normalized spacial score (nSPS) is 20.4. The number of aliphatic imine (C=N–C) groups is 1. The number of likely N-dealkylation sites (tertiary alicyclic amines) is 1. The maximum atomic E-state index is 13.4. The summed E-state index contributed by atoms with van der Waals surface area (Å²) in [5.74, 6) is 1.84. The molecule has 2 aromatic carbocycles. The number of carbonyl (C=O) groups is 2. The Morgan fingerprint density at radius 2 is 1.68 bits per heavy atom. The number of rotatable bonds is 6. The number of nitrogens with zero attached hydrogens (tertiary/aromatic N) is 5. The molecule has 0 bridgehead atoms. The summed E-state index contributed by atoms with van der Waals surface area (Å²) < 4.78 is 1.81. The summed E-state index contributed by atoms with van der Waals surface area (Å²) in [6, 6.07) is 15.0. The molecule has 2 amide bonds. The van der Waals surface area contributed by atoms with Crippen LogP contribution in [-0.2, 0) is 16.6 Å². The van der Waals surface area contributed by atoms with Gasteiger partial charge in [0.25, 0.3) is 5.91 Å². The Balaban J connectivity index is 1.10. The van der Waals surface area contributed by atoms with Crippen molar-refractivity contribution in [3.8, 4) is 22.3 Å². The summed E-state index contributed by atoms with van der Waals surface area (Å²) in [6.07, 6.45) is 7.64. The third kappa shape index (κ3) is 3.88. The maximum absolute atomic E-state index is 13.4. The number of carbonyl (C=O) groups excluding carboxylic acids is 2. The van der Waals surface area contributed by atoms with E-state index < -0.39 is 5.54 Å². The minimum absolute atomic E-state index is 0.143. The fourth-order valence-electron chi connectivity index (χ4n) is 5.71. The van der Waals surface area contributed by atoms with Gasteiger partial charge in [-0.2, -0.15) is 5.10 Å². The first-order chi connectivity index (χ1) is 17.9. The predicted molar refractivity (Wildman–Crippen MR) is 142 cm³/mol. The van der Waals surface area contributed by atoms with Crippen molar-refractivity contribution >= 4 is 17.6 Å². The summed E-state index contributed by atoms with van der Waals surface area (Å²) in [7, 11) is 1.92. The molecule has 4 aliphatic rings. The van der Waals surface area contributed by atoms with Crippen LogP contribution in [0.15, 0.2) is 59.9 Å². The van der Waals surface area contributed by atoms with E-state index in [4.69, 9.17) is 4.99 Å². The van der Waals surface area contributed by atoms with Crippen molar-refractivity contribution in [2.24, 2.45) is 23.9 Å². The molecule has 0 N–H and O–H groups in total. The zero-order chi connectivity index (χ0) is 25.3. The Kier molecular flexibility index (Phi) is 4.94. The Morgan fingerprint density at radius 3 is 2.27 bits per heavy atom. The summed E-state index contributed by atoms with van der Waals surface area (Å²) in [6.45, 7) is 4.26. The van der Waals surface area contributed by atoms with Crippen molar-refractivity contribution in [1.29, 1.82) is 0 Å². The van der Waals surface area contributed by atoms with E-state index in [2.05, 4.69) is 54.5 Å². The number of benzene rings is 2. The third-order valence-electron chi connectivity index (χ3n) is 8.30. The lowest BCUT2D eigenvalue weighted by atomic mass is 9.96. The van der Waals surface area contributed by atoms with Gasteiger partial charge in [-0.15, -0.1) is 0 Å². The molecule has 1 aromatic heterocycles. The highest BCUT2D eigenvalue weighted by molar-refractivity contribution is 6.17. The Labute approximate surface area is 216 Å². The molecule has 7 nitrogen and oxygen atoms in total. The molecule has 0 unspecified atom stereocenters. The summed E-state index contributed by atoms with van der Waals surface area (Å²) >= 11 is 0. The summed E-state index contributed by atoms with van der Waals surface area (Å²) in [5.41, 5.74) is 6.14. The van der Waals surface area contributed by atoms with Crippen molar-refractivity contribution in [3.63, 3.8) is 0 Å². The number of amidine groups is 1. The Hall–Kier alpha value is -3.74. The number of aryl methyl sites for hydroxylation is 2. The van der Waals surface area contributed by atoms with Crippen LogP contribution in [0, 0.1) is 18.8 Å². The number of amides is 2. The topological polar surface area (TPSA) is 70.8 Å². The zero-order valence-electron chi connectivity index (χ0n) is 21.4. The van der Waals surface area contributed by atoms with Gasteiger partial charge in [-0.3, -0.25) is 24.2 Å². The first-order valence-corrected chi connectivity index (χ1v) is 13.3. The van der Waals surface area contributed by atoms with Crippen LogP contribution in [0.5, 0.6) is 0 Å². The van der Waals surface area contributed by atoms with Crippen LogP contribution in [0.25, 0.3) is 22.3 Å². The Morgan fingerprint density at radius 1 is 1.00 bits per heavy atom. The average Bonchev–Trinajstić information content (AvgIpc) is 3.79. The number of hydrogen-bond acceptors (Lipinski definition) is 4. The van der Waals surface area contributed by atoms with Gasteiger partial charge >= 0.3 is 0 Å². The van der Waals surface area contributed by atoms with Crippen LogP contribution in [0.2, 0.25) is 0 Å². The molecule has 7 heteroatoms. The van der Waals surface area contributed by atoms with Crippen molar-refractivity contribution < 1.29 is 9.59 Å². The van der Waals surface area contributed by atoms with Crippen LogP contribution in [0.4, 0.5) is 0 Å². The van der Waals surface area contributed by atoms with Gasteiger partial charge in [-0.05, 0) is 54.9 Å². The predicted octanol–water partition coefficient (Wildman–Crippen LogP) is 4.05. The van der Waals surface area contributed by atoms with Crippen molar-refractivity contribution in [1.82, 2.24) is 19.6 Å². The molecule has 0 atom stereocenters. The molecular weight excluding hydrogens is 462 g/mol. The standard InChI is InChI=1S/C30H31N5O2/c1-19-13-24(21-3-5-22(6-4-21)25-14-31-33(2)18-25)9-10-26(19)27-32-30(11-12-30)29(37)35(27)17-20-15-34(16-20)28(36)23-7-8-23/h3-6,9-10,13-14,18,20,23H,7-8,11-12,15-17H2,1-2H3. The van der Waals surface area contributed by atoms with Crippen LogP contribution in [0.1, 0.15) is 36.8 Å². The van der Waals surface area contributed by atoms with E-state index in [-0.39, 0.29) is 11.8 Å². The van der Waals surface area contributed by atoms with Crippen LogP contribution in [0.3, 0.4) is 0 Å². The molecular formula is C30H31N5O2. The van der Waals surface area contributed by atoms with Gasteiger partial charge in [0.05, 0.1) is 6.20 Å². The molecule has 3 heterocycles. The van der Waals surface area contributed by atoms with Crippen molar-refractivity contribution in [3.05, 3.63) is 66.0 Å². The van der Waals surface area contributed by atoms with E-state index in [1.165, 1.54) is 0 Å². The molecule has 3 aromatic rings. The maximum Gasteiger partial charge on any atom is 0.256 e. The smallest absolute Gasteiger partial charge is 0.256 e. The lowest BCUT2D eigenvalue weighted by molar-refractivity contribution is -0.139. The monoisotopic (exact) mass is 493 g/mol. The quantitative estimate of drug-likeness (QED) is 0.520. The van der Waals surface area contributed by atoms with Gasteiger partial charge in [-0.1, -0.05) is 42.5 Å². The molecule has 188 valence electrons. The minimum Gasteiger partial charge on any atom is -0.342 e. The van der Waals surface area contributed by atoms with E-state index in [0.29, 0.717) is 18.4 Å². The minimum atomic E-state index is -0.532. The van der Waals surface area contributed by atoms with Gasteiger partial charge in [0.2, 0.25) is 5.91 Å². The molecule has 37 heavy (non-hydrogen) atoms. The first-order valence-electron chi connectivity index (χ1n) is 13.3. The van der Waals surface area contributed by atoms with Gasteiger partial charge in [0, 0.05) is 55.8 Å². The fourth-order valence-corrected chi connectivity index (χ4v) is 5.71. The molecule has 1 saturated heterocycles. The largest absolute Gasteiger partial charge is 0.342 e. The van der Waals surface area contributed by atoms with Gasteiger partial charge < -0.3 is 4.90 Å². The van der Waals surface area contributed by atoms with E-state index in [1.54, 1.807) is 0 Å².